The summed E-state index contributed by atoms with van der Waals surface area (Å²) in [6, 6.07) is 0.761. The highest BCUT2D eigenvalue weighted by Gasteiger charge is 2.25. The molecule has 4 nitrogen and oxygen atoms in total. The molecule has 84 valence electrons. The molecule has 1 heterocycles. The van der Waals surface area contributed by atoms with Gasteiger partial charge in [-0.15, -0.1) is 11.6 Å². The van der Waals surface area contributed by atoms with E-state index < -0.39 is 0 Å². The van der Waals surface area contributed by atoms with Gasteiger partial charge < -0.3 is 14.1 Å². The molecule has 0 radical (unpaired) electrons. The lowest BCUT2D eigenvalue weighted by Gasteiger charge is -2.14. The second-order valence-electron chi connectivity index (χ2n) is 3.80. The highest BCUT2D eigenvalue weighted by Crippen LogP contribution is 2.24. The average Bonchev–Trinajstić information content (AvgIpc) is 2.99. The topological polar surface area (TPSA) is 38.5 Å². The van der Waals surface area contributed by atoms with Crippen molar-refractivity contribution in [3.63, 3.8) is 0 Å². The van der Waals surface area contributed by atoms with Crippen LogP contribution in [0.25, 0.3) is 0 Å². The molecule has 0 saturated heterocycles. The third-order valence-corrected chi connectivity index (χ3v) is 2.78. The van der Waals surface area contributed by atoms with Crippen LogP contribution in [-0.4, -0.2) is 36.1 Å². The molecule has 0 atom stereocenters. The average molecular weight is 231 g/mol. The summed E-state index contributed by atoms with van der Waals surface area (Å²) in [6.07, 6.45) is 4.46. The van der Waals surface area contributed by atoms with E-state index in [0.717, 1.165) is 12.6 Å². The quantitative estimate of drug-likeness (QED) is 0.700. The highest BCUT2D eigenvalue weighted by molar-refractivity contribution is 6.16. The van der Waals surface area contributed by atoms with Crippen LogP contribution in [0.4, 0.5) is 0 Å². The van der Waals surface area contributed by atoms with Crippen LogP contribution in [0.15, 0.2) is 10.7 Å². The highest BCUT2D eigenvalue weighted by atomic mass is 35.5. The molecule has 0 aromatic carbocycles. The van der Waals surface area contributed by atoms with Crippen molar-refractivity contribution in [1.82, 2.24) is 9.88 Å². The molecule has 1 aromatic rings. The lowest BCUT2D eigenvalue weighted by Crippen LogP contribution is -2.26. The number of aromatic nitrogens is 1. The van der Waals surface area contributed by atoms with Crippen molar-refractivity contribution in [3.8, 4) is 6.08 Å². The zero-order valence-corrected chi connectivity index (χ0v) is 9.54. The maximum absolute atomic E-state index is 5.59. The Hall–Kier alpha value is -0.740. The second kappa shape index (κ2) is 4.86. The summed E-state index contributed by atoms with van der Waals surface area (Å²) in [5.74, 6) is 0.356. The first-order valence-corrected chi connectivity index (χ1v) is 5.66. The fraction of sp³-hybridized carbons (Fsp3) is 0.700. The van der Waals surface area contributed by atoms with Crippen molar-refractivity contribution in [2.75, 3.05) is 20.2 Å². The van der Waals surface area contributed by atoms with Gasteiger partial charge in [0.25, 0.3) is 0 Å². The molecular weight excluding hydrogens is 216 g/mol. The van der Waals surface area contributed by atoms with Gasteiger partial charge in [0, 0.05) is 12.6 Å². The SMILES string of the molecule is CN(CCOc1nc(CCl)co1)C1CC1. The molecule has 0 amide bonds. The Balaban J connectivity index is 1.68. The van der Waals surface area contributed by atoms with Crippen molar-refractivity contribution < 1.29 is 9.15 Å². The maximum Gasteiger partial charge on any atom is 0.393 e. The number of ether oxygens (including phenoxy) is 1. The molecule has 1 fully saturated rings. The monoisotopic (exact) mass is 230 g/mol. The zero-order valence-electron chi connectivity index (χ0n) is 8.78. The molecule has 15 heavy (non-hydrogen) atoms. The van der Waals surface area contributed by atoms with Crippen LogP contribution >= 0.6 is 11.6 Å². The molecule has 1 aromatic heterocycles. The molecule has 1 saturated carbocycles. The van der Waals surface area contributed by atoms with Crippen LogP contribution in [0.5, 0.6) is 6.08 Å². The van der Waals surface area contributed by atoms with Crippen LogP contribution in [-0.2, 0) is 5.88 Å². The van der Waals surface area contributed by atoms with E-state index in [-0.39, 0.29) is 0 Å². The zero-order chi connectivity index (χ0) is 10.7. The summed E-state index contributed by atoms with van der Waals surface area (Å²) < 4.78 is 10.4. The molecular formula is C10H15ClN2O2. The Kier molecular flexibility index (Phi) is 3.49. The Morgan fingerprint density at radius 3 is 3.07 bits per heavy atom. The number of halogens is 1. The molecule has 0 N–H and O–H groups in total. The largest absolute Gasteiger partial charge is 0.449 e. The minimum absolute atomic E-state index is 0.315. The number of alkyl halides is 1. The fourth-order valence-electron chi connectivity index (χ4n) is 1.39. The third-order valence-electron chi connectivity index (χ3n) is 2.51. The van der Waals surface area contributed by atoms with Gasteiger partial charge in [-0.05, 0) is 19.9 Å². The van der Waals surface area contributed by atoms with Gasteiger partial charge in [-0.3, -0.25) is 0 Å². The lowest BCUT2D eigenvalue weighted by atomic mass is 10.5. The van der Waals surface area contributed by atoms with Gasteiger partial charge in [-0.1, -0.05) is 0 Å². The lowest BCUT2D eigenvalue weighted by molar-refractivity contribution is 0.188. The number of hydrogen-bond acceptors (Lipinski definition) is 4. The van der Waals surface area contributed by atoms with Gasteiger partial charge in [-0.25, -0.2) is 0 Å². The van der Waals surface area contributed by atoms with Crippen molar-refractivity contribution in [3.05, 3.63) is 12.0 Å². The van der Waals surface area contributed by atoms with E-state index >= 15 is 0 Å². The van der Waals surface area contributed by atoms with Gasteiger partial charge >= 0.3 is 6.08 Å². The van der Waals surface area contributed by atoms with E-state index in [1.54, 1.807) is 0 Å². The summed E-state index contributed by atoms with van der Waals surface area (Å²) in [4.78, 5) is 6.34. The fourth-order valence-corrected chi connectivity index (χ4v) is 1.51. The predicted molar refractivity (Wildman–Crippen MR) is 57.2 cm³/mol. The first-order valence-electron chi connectivity index (χ1n) is 5.13. The van der Waals surface area contributed by atoms with Crippen molar-refractivity contribution in [1.29, 1.82) is 0 Å². The summed E-state index contributed by atoms with van der Waals surface area (Å²) in [5.41, 5.74) is 0.710. The number of oxazole rings is 1. The first-order chi connectivity index (χ1) is 7.29. The van der Waals surface area contributed by atoms with Crippen LogP contribution < -0.4 is 4.74 Å². The predicted octanol–water partition coefficient (Wildman–Crippen LogP) is 1.89. The summed E-state index contributed by atoms with van der Waals surface area (Å²) >= 11 is 5.59. The summed E-state index contributed by atoms with van der Waals surface area (Å²) in [6.45, 7) is 1.51. The van der Waals surface area contributed by atoms with Crippen LogP contribution in [0.3, 0.4) is 0 Å². The van der Waals surface area contributed by atoms with E-state index in [1.807, 2.05) is 0 Å². The molecule has 0 spiro atoms. The number of rotatable bonds is 6. The molecule has 1 aliphatic carbocycles. The Bertz CT molecular complexity index is 312. The van der Waals surface area contributed by atoms with Gasteiger partial charge in [0.2, 0.25) is 0 Å². The first kappa shape index (κ1) is 10.8. The Labute approximate surface area is 94.2 Å². The summed E-state index contributed by atoms with van der Waals surface area (Å²) in [7, 11) is 2.11. The standard InChI is InChI=1S/C10H15ClN2O2/c1-13(9-2-3-9)4-5-14-10-12-8(6-11)7-15-10/h7,9H,2-6H2,1H3. The van der Waals surface area contributed by atoms with E-state index in [4.69, 9.17) is 20.8 Å². The number of nitrogens with zero attached hydrogens (tertiary/aromatic N) is 2. The van der Waals surface area contributed by atoms with Crippen molar-refractivity contribution >= 4 is 11.6 Å². The van der Waals surface area contributed by atoms with Gasteiger partial charge in [0.1, 0.15) is 12.9 Å². The van der Waals surface area contributed by atoms with Gasteiger partial charge in [0.15, 0.2) is 0 Å². The molecule has 1 aliphatic rings. The van der Waals surface area contributed by atoms with Gasteiger partial charge in [-0.2, -0.15) is 4.98 Å². The maximum atomic E-state index is 5.59. The van der Waals surface area contributed by atoms with Crippen molar-refractivity contribution in [2.45, 2.75) is 24.8 Å². The molecule has 5 heteroatoms. The van der Waals surface area contributed by atoms with Crippen molar-refractivity contribution in [2.24, 2.45) is 0 Å². The summed E-state index contributed by atoms with van der Waals surface area (Å²) in [5, 5.41) is 0. The van der Waals surface area contributed by atoms with E-state index in [1.165, 1.54) is 19.1 Å². The molecule has 0 aliphatic heterocycles. The van der Waals surface area contributed by atoms with E-state index in [2.05, 4.69) is 16.9 Å². The smallest absolute Gasteiger partial charge is 0.393 e. The number of hydrogen-bond donors (Lipinski definition) is 0. The van der Waals surface area contributed by atoms with Crippen LogP contribution in [0.2, 0.25) is 0 Å². The number of likely N-dealkylation sites (N-methyl/N-ethyl adjacent to an activating group) is 1. The Morgan fingerprint density at radius 1 is 1.67 bits per heavy atom. The minimum atomic E-state index is 0.315. The Morgan fingerprint density at radius 2 is 2.47 bits per heavy atom. The second-order valence-corrected chi connectivity index (χ2v) is 4.07. The molecule has 2 rings (SSSR count). The van der Waals surface area contributed by atoms with Gasteiger partial charge in [0.05, 0.1) is 11.6 Å². The third kappa shape index (κ3) is 3.11. The van der Waals surface area contributed by atoms with Crippen LogP contribution in [0.1, 0.15) is 18.5 Å². The van der Waals surface area contributed by atoms with E-state index in [9.17, 15) is 0 Å². The molecule has 0 bridgehead atoms. The molecule has 0 unspecified atom stereocenters. The van der Waals surface area contributed by atoms with Crippen LogP contribution in [0, 0.1) is 0 Å². The normalized spacial score (nSPS) is 15.9. The van der Waals surface area contributed by atoms with E-state index in [0.29, 0.717) is 24.3 Å². The minimum Gasteiger partial charge on any atom is -0.449 e.